The Kier molecular flexibility index (Phi) is 9.31. The molecular weight excluding hydrogens is 456 g/mol. The lowest BCUT2D eigenvalue weighted by molar-refractivity contribution is -0.146. The van der Waals surface area contributed by atoms with Crippen molar-refractivity contribution in [1.29, 1.82) is 5.41 Å². The second kappa shape index (κ2) is 12.4. The van der Waals surface area contributed by atoms with Crippen LogP contribution in [0, 0.1) is 17.0 Å². The first-order valence-corrected chi connectivity index (χ1v) is 11.8. The van der Waals surface area contributed by atoms with Gasteiger partial charge in [-0.3, -0.25) is 15.0 Å². The Labute approximate surface area is 203 Å². The summed E-state index contributed by atoms with van der Waals surface area (Å²) < 4.78 is 40.4. The maximum absolute atomic E-state index is 15.0. The van der Waals surface area contributed by atoms with E-state index in [0.29, 0.717) is 16.7 Å². The lowest BCUT2D eigenvalue weighted by atomic mass is 9.83. The third-order valence-corrected chi connectivity index (χ3v) is 6.08. The highest BCUT2D eigenvalue weighted by atomic mass is 19.1. The average molecular weight is 488 g/mol. The van der Waals surface area contributed by atoms with Gasteiger partial charge in [0.1, 0.15) is 30.6 Å². The van der Waals surface area contributed by atoms with Crippen LogP contribution in [0.1, 0.15) is 73.3 Å². The van der Waals surface area contributed by atoms with E-state index in [2.05, 4.69) is 5.32 Å². The van der Waals surface area contributed by atoms with E-state index in [0.717, 1.165) is 32.1 Å². The molecule has 0 radical (unpaired) electrons. The van der Waals surface area contributed by atoms with Gasteiger partial charge >= 0.3 is 5.97 Å². The van der Waals surface area contributed by atoms with Crippen molar-refractivity contribution in [2.45, 2.75) is 57.7 Å². The van der Waals surface area contributed by atoms with Crippen LogP contribution in [0.4, 0.5) is 8.78 Å². The fourth-order valence-electron chi connectivity index (χ4n) is 4.23. The van der Waals surface area contributed by atoms with Crippen LogP contribution in [-0.2, 0) is 25.7 Å². The van der Waals surface area contributed by atoms with Crippen LogP contribution in [0.2, 0.25) is 0 Å². The lowest BCUT2D eigenvalue weighted by Gasteiger charge is -2.24. The Hall–Kier alpha value is -3.33. The first-order valence-electron chi connectivity index (χ1n) is 11.8. The molecule has 2 aromatic rings. The summed E-state index contributed by atoms with van der Waals surface area (Å²) in [7, 11) is 0. The summed E-state index contributed by atoms with van der Waals surface area (Å²) in [4.78, 5) is 24.8. The number of amidine groups is 1. The second-order valence-electron chi connectivity index (χ2n) is 8.56. The van der Waals surface area contributed by atoms with Crippen molar-refractivity contribution in [3.8, 4) is 0 Å². The number of carbonyl (C=O) groups excluding carboxylic acids is 2. The molecule has 4 N–H and O–H groups in total. The summed E-state index contributed by atoms with van der Waals surface area (Å²) in [5.74, 6) is -3.20. The Morgan fingerprint density at radius 1 is 1.11 bits per heavy atom. The molecule has 0 bridgehead atoms. The summed E-state index contributed by atoms with van der Waals surface area (Å²) in [6.45, 7) is 1.12. The van der Waals surface area contributed by atoms with Gasteiger partial charge in [-0.15, -0.1) is 0 Å². The van der Waals surface area contributed by atoms with E-state index in [9.17, 15) is 18.4 Å². The average Bonchev–Trinajstić information content (AvgIpc) is 2.85. The van der Waals surface area contributed by atoms with Gasteiger partial charge in [0, 0.05) is 12.2 Å². The predicted octanol–water partition coefficient (Wildman–Crippen LogP) is 4.23. The molecule has 1 aliphatic rings. The fraction of sp³-hybridized carbons (Fsp3) is 0.423. The van der Waals surface area contributed by atoms with Gasteiger partial charge in [-0.2, -0.15) is 0 Å². The van der Waals surface area contributed by atoms with Crippen LogP contribution < -0.4 is 11.1 Å². The van der Waals surface area contributed by atoms with Gasteiger partial charge in [0.25, 0.3) is 5.91 Å². The highest BCUT2D eigenvalue weighted by Gasteiger charge is 2.30. The molecule has 1 unspecified atom stereocenters. The van der Waals surface area contributed by atoms with E-state index in [-0.39, 0.29) is 25.0 Å². The number of hydrogen-bond acceptors (Lipinski definition) is 5. The topological polar surface area (TPSA) is 114 Å². The molecule has 9 heteroatoms. The predicted molar refractivity (Wildman–Crippen MR) is 127 cm³/mol. The number of halogens is 2. The number of nitrogen functional groups attached to an aromatic ring is 1. The molecule has 7 nitrogen and oxygen atoms in total. The van der Waals surface area contributed by atoms with Crippen LogP contribution in [0.15, 0.2) is 36.4 Å². The number of ether oxygens (including phenoxy) is 2. The van der Waals surface area contributed by atoms with Gasteiger partial charge in [-0.1, -0.05) is 43.5 Å². The highest BCUT2D eigenvalue weighted by Crippen LogP contribution is 2.35. The second-order valence-corrected chi connectivity index (χ2v) is 8.56. The third kappa shape index (κ3) is 7.08. The quantitative estimate of drug-likeness (QED) is 0.264. The number of nitrogens with one attached hydrogen (secondary N) is 2. The highest BCUT2D eigenvalue weighted by molar-refractivity contribution is 5.94. The molecule has 1 amide bonds. The van der Waals surface area contributed by atoms with Gasteiger partial charge in [-0.25, -0.2) is 8.78 Å². The van der Waals surface area contributed by atoms with E-state index in [1.54, 1.807) is 31.2 Å². The molecule has 1 saturated carbocycles. The van der Waals surface area contributed by atoms with Gasteiger partial charge in [0.15, 0.2) is 6.10 Å². The van der Waals surface area contributed by atoms with Crippen LogP contribution in [-0.4, -0.2) is 30.9 Å². The van der Waals surface area contributed by atoms with Gasteiger partial charge in [0.05, 0.1) is 5.56 Å². The number of benzene rings is 2. The molecule has 0 aliphatic heterocycles. The Morgan fingerprint density at radius 3 is 2.31 bits per heavy atom. The largest absolute Gasteiger partial charge is 0.460 e. The van der Waals surface area contributed by atoms with E-state index < -0.39 is 41.7 Å². The normalized spacial score (nSPS) is 14.8. The van der Waals surface area contributed by atoms with Gasteiger partial charge in [-0.05, 0) is 48.9 Å². The van der Waals surface area contributed by atoms with Crippen LogP contribution in [0.5, 0.6) is 0 Å². The van der Waals surface area contributed by atoms with Gasteiger partial charge < -0.3 is 20.5 Å². The summed E-state index contributed by atoms with van der Waals surface area (Å²) in [6, 6.07) is 9.16. The van der Waals surface area contributed by atoms with Crippen molar-refractivity contribution in [2.24, 2.45) is 5.73 Å². The van der Waals surface area contributed by atoms with Crippen molar-refractivity contribution in [1.82, 2.24) is 5.32 Å². The molecule has 0 spiro atoms. The summed E-state index contributed by atoms with van der Waals surface area (Å²) in [6.07, 6.45) is 3.42. The molecule has 35 heavy (non-hydrogen) atoms. The number of esters is 1. The smallest absolute Gasteiger partial charge is 0.325 e. The van der Waals surface area contributed by atoms with Crippen LogP contribution >= 0.6 is 0 Å². The number of nitrogens with two attached hydrogens (primary N) is 1. The summed E-state index contributed by atoms with van der Waals surface area (Å²) >= 11 is 0. The molecule has 0 aromatic heterocycles. The molecular formula is C26H31F2N3O4. The molecule has 3 rings (SSSR count). The van der Waals surface area contributed by atoms with Gasteiger partial charge in [0.2, 0.25) is 0 Å². The molecule has 1 fully saturated rings. The molecule has 188 valence electrons. The molecule has 0 saturated heterocycles. The zero-order valence-corrected chi connectivity index (χ0v) is 19.7. The number of amides is 1. The maximum atomic E-state index is 15.0. The maximum Gasteiger partial charge on any atom is 0.325 e. The van der Waals surface area contributed by atoms with Crippen molar-refractivity contribution in [3.05, 3.63) is 70.3 Å². The van der Waals surface area contributed by atoms with Crippen molar-refractivity contribution >= 4 is 17.7 Å². The minimum absolute atomic E-state index is 0.0437. The van der Waals surface area contributed by atoms with Crippen molar-refractivity contribution in [2.75, 3.05) is 13.2 Å². The first kappa shape index (κ1) is 26.3. The first-order chi connectivity index (χ1) is 16.8. The standard InChI is InChI=1S/C26H31F2N3O4/c1-2-34-24(23-20(27)12-19(13-21(23)28)17-6-4-3-5-7-17)26(33)31-14-22(32)35-15-16-8-10-18(11-9-16)25(29)30/h8-13,17,24H,2-7,14-15H2,1H3,(H3,29,30)(H,31,33). The zero-order chi connectivity index (χ0) is 25.4. The lowest BCUT2D eigenvalue weighted by Crippen LogP contribution is -2.36. The molecule has 1 atom stereocenters. The molecule has 2 aromatic carbocycles. The Morgan fingerprint density at radius 2 is 1.74 bits per heavy atom. The Balaban J connectivity index is 1.60. The number of rotatable bonds is 10. The number of hydrogen-bond donors (Lipinski definition) is 3. The SMILES string of the molecule is CCOC(C(=O)NCC(=O)OCc1ccc(C(=N)N)cc1)c1c(F)cc(C2CCCCC2)cc1F. The monoisotopic (exact) mass is 487 g/mol. The van der Waals surface area contributed by atoms with Crippen LogP contribution in [0.25, 0.3) is 0 Å². The fourth-order valence-corrected chi connectivity index (χ4v) is 4.23. The molecule has 0 heterocycles. The third-order valence-electron chi connectivity index (χ3n) is 6.08. The van der Waals surface area contributed by atoms with E-state index in [1.807, 2.05) is 0 Å². The summed E-state index contributed by atoms with van der Waals surface area (Å²) in [5, 5.41) is 9.72. The van der Waals surface area contributed by atoms with E-state index in [1.165, 1.54) is 12.1 Å². The minimum atomic E-state index is -1.53. The van der Waals surface area contributed by atoms with Crippen molar-refractivity contribution in [3.63, 3.8) is 0 Å². The van der Waals surface area contributed by atoms with Crippen LogP contribution in [0.3, 0.4) is 0 Å². The minimum Gasteiger partial charge on any atom is -0.460 e. The Bertz CT molecular complexity index is 1030. The van der Waals surface area contributed by atoms with E-state index >= 15 is 0 Å². The zero-order valence-electron chi connectivity index (χ0n) is 19.7. The summed E-state index contributed by atoms with van der Waals surface area (Å²) in [5.41, 5.74) is 6.74. The van der Waals surface area contributed by atoms with E-state index in [4.69, 9.17) is 20.6 Å². The molecule has 1 aliphatic carbocycles. The van der Waals surface area contributed by atoms with Crippen molar-refractivity contribution < 1.29 is 27.8 Å². The number of carbonyl (C=O) groups is 2.